The van der Waals surface area contributed by atoms with Crippen LogP contribution in [0.15, 0.2) is 58.6 Å². The highest BCUT2D eigenvalue weighted by Gasteiger charge is 2.24. The number of nitrogens with one attached hydrogen (secondary N) is 1. The second-order valence-electron chi connectivity index (χ2n) is 8.29. The summed E-state index contributed by atoms with van der Waals surface area (Å²) in [5, 5.41) is 12.8. The van der Waals surface area contributed by atoms with E-state index in [1.807, 2.05) is 37.5 Å². The van der Waals surface area contributed by atoms with Gasteiger partial charge in [-0.05, 0) is 36.8 Å². The summed E-state index contributed by atoms with van der Waals surface area (Å²) in [5.41, 5.74) is 1.56. The zero-order chi connectivity index (χ0) is 27.0. The third kappa shape index (κ3) is 7.32. The number of benzene rings is 2. The molecule has 12 heteroatoms. The van der Waals surface area contributed by atoms with Crippen LogP contribution in [0.4, 0.5) is 0 Å². The lowest BCUT2D eigenvalue weighted by Gasteiger charge is -2.20. The molecule has 1 unspecified atom stereocenters. The Labute approximate surface area is 227 Å². The van der Waals surface area contributed by atoms with Gasteiger partial charge in [-0.2, -0.15) is 4.31 Å². The number of halogens is 1. The zero-order valence-electron chi connectivity index (χ0n) is 21.3. The quantitative estimate of drug-likeness (QED) is 0.309. The molecule has 1 N–H and O–H groups in total. The van der Waals surface area contributed by atoms with Crippen LogP contribution in [-0.2, 0) is 26.1 Å². The molecule has 3 aromatic rings. The molecule has 1 heterocycles. The summed E-state index contributed by atoms with van der Waals surface area (Å²) in [6.07, 6.45) is 0. The van der Waals surface area contributed by atoms with Crippen molar-refractivity contribution in [3.8, 4) is 11.4 Å². The molecule has 0 radical (unpaired) electrons. The first-order chi connectivity index (χ1) is 17.7. The van der Waals surface area contributed by atoms with Crippen LogP contribution in [-0.4, -0.2) is 66.0 Å². The number of hydrogen-bond donors (Lipinski definition) is 1. The lowest BCUT2D eigenvalue weighted by molar-refractivity contribution is -0.118. The van der Waals surface area contributed by atoms with Gasteiger partial charge >= 0.3 is 0 Å². The highest BCUT2D eigenvalue weighted by molar-refractivity contribution is 7.99. The first-order valence-corrected chi connectivity index (χ1v) is 14.7. The van der Waals surface area contributed by atoms with Crippen LogP contribution in [0.2, 0.25) is 5.02 Å². The van der Waals surface area contributed by atoms with Crippen LogP contribution < -0.4 is 5.32 Å². The van der Waals surface area contributed by atoms with Gasteiger partial charge in [0.2, 0.25) is 15.9 Å². The summed E-state index contributed by atoms with van der Waals surface area (Å²) >= 11 is 7.17. The van der Waals surface area contributed by atoms with E-state index < -0.39 is 10.0 Å². The van der Waals surface area contributed by atoms with E-state index in [-0.39, 0.29) is 22.6 Å². The van der Waals surface area contributed by atoms with Crippen molar-refractivity contribution in [3.05, 3.63) is 59.1 Å². The highest BCUT2D eigenvalue weighted by Crippen LogP contribution is 2.30. The fourth-order valence-corrected chi connectivity index (χ4v) is 6.27. The first kappa shape index (κ1) is 29.1. The Morgan fingerprint density at radius 2 is 1.86 bits per heavy atom. The average molecular weight is 566 g/mol. The predicted octanol–water partition coefficient (Wildman–Crippen LogP) is 4.24. The van der Waals surface area contributed by atoms with E-state index >= 15 is 0 Å². The molecule has 0 aliphatic carbocycles. The summed E-state index contributed by atoms with van der Waals surface area (Å²) in [6, 6.07) is 13.8. The second-order valence-corrected chi connectivity index (χ2v) is 11.6. The lowest BCUT2D eigenvalue weighted by Crippen LogP contribution is -2.30. The molecule has 37 heavy (non-hydrogen) atoms. The van der Waals surface area contributed by atoms with Crippen molar-refractivity contribution in [2.75, 3.05) is 32.6 Å². The third-order valence-corrected chi connectivity index (χ3v) is 8.92. The van der Waals surface area contributed by atoms with Gasteiger partial charge in [0, 0.05) is 37.3 Å². The number of sulfonamides is 1. The molecule has 1 aromatic heterocycles. The fourth-order valence-electron chi connectivity index (χ4n) is 3.78. The summed E-state index contributed by atoms with van der Waals surface area (Å²) in [5.74, 6) is 0.495. The number of carbonyl (C=O) groups excluding carboxylic acids is 1. The summed E-state index contributed by atoms with van der Waals surface area (Å²) < 4.78 is 34.8. The van der Waals surface area contributed by atoms with Gasteiger partial charge in [0.15, 0.2) is 11.0 Å². The minimum absolute atomic E-state index is 0.141. The van der Waals surface area contributed by atoms with Crippen molar-refractivity contribution < 1.29 is 17.9 Å². The Morgan fingerprint density at radius 3 is 2.51 bits per heavy atom. The molecule has 0 fully saturated rings. The van der Waals surface area contributed by atoms with E-state index in [1.54, 1.807) is 43.5 Å². The predicted molar refractivity (Wildman–Crippen MR) is 146 cm³/mol. The number of methoxy groups -OCH3 is 1. The van der Waals surface area contributed by atoms with Crippen LogP contribution in [0.5, 0.6) is 0 Å². The average Bonchev–Trinajstić information content (AvgIpc) is 3.32. The van der Waals surface area contributed by atoms with Crippen molar-refractivity contribution in [1.29, 1.82) is 0 Å². The van der Waals surface area contributed by atoms with Gasteiger partial charge in [0.05, 0.1) is 23.3 Å². The maximum Gasteiger partial charge on any atom is 0.243 e. The Morgan fingerprint density at radius 1 is 1.16 bits per heavy atom. The van der Waals surface area contributed by atoms with E-state index in [0.29, 0.717) is 47.8 Å². The van der Waals surface area contributed by atoms with E-state index in [9.17, 15) is 13.2 Å². The SMILES string of the molecule is CCN(CC)S(=O)(=O)c1cccc(-c2nnc(SCC(=O)NCc3ccc(Cl)cc3)n2C(C)COC)c1. The summed E-state index contributed by atoms with van der Waals surface area (Å²) in [4.78, 5) is 12.7. The van der Waals surface area contributed by atoms with Crippen molar-refractivity contribution in [1.82, 2.24) is 24.4 Å². The molecule has 3 rings (SSSR count). The van der Waals surface area contributed by atoms with Crippen molar-refractivity contribution in [2.45, 2.75) is 43.4 Å². The number of thioether (sulfide) groups is 1. The molecule has 0 spiro atoms. The zero-order valence-corrected chi connectivity index (χ0v) is 23.7. The van der Waals surface area contributed by atoms with Crippen molar-refractivity contribution in [3.63, 3.8) is 0 Å². The first-order valence-electron chi connectivity index (χ1n) is 11.9. The normalized spacial score (nSPS) is 12.6. The fraction of sp³-hybridized carbons (Fsp3) is 0.400. The minimum atomic E-state index is -3.64. The van der Waals surface area contributed by atoms with Gasteiger partial charge in [-0.1, -0.05) is 61.5 Å². The number of aromatic nitrogens is 3. The Hall–Kier alpha value is -2.44. The second kappa shape index (κ2) is 13.4. The summed E-state index contributed by atoms with van der Waals surface area (Å²) in [6.45, 7) is 7.11. The van der Waals surface area contributed by atoms with Gasteiger partial charge in [0.25, 0.3) is 0 Å². The molecule has 0 saturated heterocycles. The molecular formula is C25H32ClN5O4S2. The topological polar surface area (TPSA) is 106 Å². The number of nitrogens with zero attached hydrogens (tertiary/aromatic N) is 4. The van der Waals surface area contributed by atoms with Crippen LogP contribution in [0.3, 0.4) is 0 Å². The molecule has 0 bridgehead atoms. The monoisotopic (exact) mass is 565 g/mol. The lowest BCUT2D eigenvalue weighted by atomic mass is 10.2. The maximum absolute atomic E-state index is 13.1. The molecule has 9 nitrogen and oxygen atoms in total. The third-order valence-electron chi connectivity index (χ3n) is 5.68. The number of amides is 1. The molecular weight excluding hydrogens is 534 g/mol. The molecule has 200 valence electrons. The van der Waals surface area contributed by atoms with Crippen molar-refractivity contribution >= 4 is 39.3 Å². The Kier molecular flexibility index (Phi) is 10.5. The van der Waals surface area contributed by atoms with E-state index in [2.05, 4.69) is 15.5 Å². The standard InChI is InChI=1S/C25H32ClN5O4S2/c1-5-30(6-2)37(33,34)22-9-7-8-20(14-22)24-28-29-25(31(24)18(3)16-35-4)36-17-23(32)27-15-19-10-12-21(26)13-11-19/h7-14,18H,5-6,15-17H2,1-4H3,(H,27,32). The molecule has 2 aromatic carbocycles. The number of carbonyl (C=O) groups is 1. The molecule has 0 aliphatic heterocycles. The Balaban J connectivity index is 1.82. The maximum atomic E-state index is 13.1. The molecule has 0 saturated carbocycles. The minimum Gasteiger partial charge on any atom is -0.383 e. The van der Waals surface area contributed by atoms with Crippen LogP contribution in [0.1, 0.15) is 32.4 Å². The largest absolute Gasteiger partial charge is 0.383 e. The van der Waals surface area contributed by atoms with Crippen LogP contribution in [0, 0.1) is 0 Å². The van der Waals surface area contributed by atoms with Gasteiger partial charge < -0.3 is 10.1 Å². The van der Waals surface area contributed by atoms with Gasteiger partial charge in [-0.3, -0.25) is 9.36 Å². The number of ether oxygens (including phenoxy) is 1. The van der Waals surface area contributed by atoms with Gasteiger partial charge in [0.1, 0.15) is 0 Å². The molecule has 1 atom stereocenters. The Bertz CT molecular complexity index is 1290. The highest BCUT2D eigenvalue weighted by atomic mass is 35.5. The van der Waals surface area contributed by atoms with E-state index in [4.69, 9.17) is 16.3 Å². The van der Waals surface area contributed by atoms with Crippen LogP contribution in [0.25, 0.3) is 11.4 Å². The summed E-state index contributed by atoms with van der Waals surface area (Å²) in [7, 11) is -2.03. The molecule has 0 aliphatic rings. The number of rotatable bonds is 13. The van der Waals surface area contributed by atoms with Crippen LogP contribution >= 0.6 is 23.4 Å². The van der Waals surface area contributed by atoms with E-state index in [0.717, 1.165) is 5.56 Å². The van der Waals surface area contributed by atoms with Gasteiger partial charge in [-0.25, -0.2) is 8.42 Å². The number of hydrogen-bond acceptors (Lipinski definition) is 7. The van der Waals surface area contributed by atoms with E-state index in [1.165, 1.54) is 16.1 Å². The molecule has 1 amide bonds. The van der Waals surface area contributed by atoms with Crippen molar-refractivity contribution in [2.24, 2.45) is 0 Å². The van der Waals surface area contributed by atoms with Gasteiger partial charge in [-0.15, -0.1) is 10.2 Å². The smallest absolute Gasteiger partial charge is 0.243 e.